The Labute approximate surface area is 106 Å². The normalized spacial score (nSPS) is 11.4. The maximum atomic E-state index is 12.0. The molecule has 0 radical (unpaired) electrons. The van der Waals surface area contributed by atoms with E-state index in [1.54, 1.807) is 12.1 Å². The van der Waals surface area contributed by atoms with E-state index < -0.39 is 10.0 Å². The Morgan fingerprint density at radius 3 is 2.50 bits per heavy atom. The van der Waals surface area contributed by atoms with Gasteiger partial charge in [0.1, 0.15) is 0 Å². The van der Waals surface area contributed by atoms with Crippen LogP contribution >= 0.6 is 0 Å². The lowest BCUT2D eigenvalue weighted by Crippen LogP contribution is -2.12. The number of aryl methyl sites for hydroxylation is 1. The lowest BCUT2D eigenvalue weighted by atomic mass is 10.1. The van der Waals surface area contributed by atoms with Gasteiger partial charge in [0.15, 0.2) is 0 Å². The van der Waals surface area contributed by atoms with Crippen LogP contribution in [0.5, 0.6) is 0 Å². The van der Waals surface area contributed by atoms with Crippen LogP contribution in [0.4, 0.5) is 5.88 Å². The summed E-state index contributed by atoms with van der Waals surface area (Å²) in [5, 5.41) is 3.44. The van der Waals surface area contributed by atoms with Crippen LogP contribution in [0.2, 0.25) is 0 Å². The van der Waals surface area contributed by atoms with Gasteiger partial charge in [0, 0.05) is 6.07 Å². The van der Waals surface area contributed by atoms with E-state index in [1.807, 2.05) is 12.1 Å². The number of nitrogens with zero attached hydrogens (tertiary/aromatic N) is 1. The molecule has 0 unspecified atom stereocenters. The zero-order chi connectivity index (χ0) is 13.0. The Morgan fingerprint density at radius 1 is 1.22 bits per heavy atom. The van der Waals surface area contributed by atoms with Crippen LogP contribution in [0.3, 0.4) is 0 Å². The number of hydrogen-bond donors (Lipinski definition) is 1. The van der Waals surface area contributed by atoms with Gasteiger partial charge in [-0.2, -0.15) is 0 Å². The SMILES string of the molecule is CCCc1ccc(S(=O)(=O)Nc2ccno2)cc1. The number of nitrogens with one attached hydrogen (secondary N) is 1. The topological polar surface area (TPSA) is 72.2 Å². The standard InChI is InChI=1S/C12H14N2O3S/c1-2-3-10-4-6-11(7-5-10)18(15,16)14-12-8-9-13-17-12/h4-9,14H,2-3H2,1H3. The number of hydrogen-bond acceptors (Lipinski definition) is 4. The van der Waals surface area contributed by atoms with Gasteiger partial charge >= 0.3 is 0 Å². The molecule has 18 heavy (non-hydrogen) atoms. The highest BCUT2D eigenvalue weighted by Gasteiger charge is 2.15. The lowest BCUT2D eigenvalue weighted by molar-refractivity contribution is 0.435. The fourth-order valence-electron chi connectivity index (χ4n) is 1.58. The van der Waals surface area contributed by atoms with Crippen molar-refractivity contribution in [3.05, 3.63) is 42.1 Å². The van der Waals surface area contributed by atoms with E-state index in [9.17, 15) is 8.42 Å². The number of sulfonamides is 1. The third-order valence-corrected chi connectivity index (χ3v) is 3.81. The first-order valence-corrected chi connectivity index (χ1v) is 7.12. The summed E-state index contributed by atoms with van der Waals surface area (Å²) in [6.07, 6.45) is 3.35. The predicted octanol–water partition coefficient (Wildman–Crippen LogP) is 2.43. The molecule has 1 aromatic heterocycles. The van der Waals surface area contributed by atoms with Crippen LogP contribution in [0.1, 0.15) is 18.9 Å². The van der Waals surface area contributed by atoms with Crippen LogP contribution in [0.15, 0.2) is 45.9 Å². The Kier molecular flexibility index (Phi) is 3.66. The molecule has 0 aliphatic rings. The second-order valence-corrected chi connectivity index (χ2v) is 5.56. The second-order valence-electron chi connectivity index (χ2n) is 3.88. The molecule has 2 aromatic rings. The molecule has 1 N–H and O–H groups in total. The van der Waals surface area contributed by atoms with Gasteiger partial charge in [0.05, 0.1) is 11.1 Å². The largest absolute Gasteiger partial charge is 0.338 e. The Morgan fingerprint density at radius 2 is 1.94 bits per heavy atom. The number of benzene rings is 1. The van der Waals surface area contributed by atoms with Crippen LogP contribution in [-0.4, -0.2) is 13.6 Å². The highest BCUT2D eigenvalue weighted by atomic mass is 32.2. The summed E-state index contributed by atoms with van der Waals surface area (Å²) in [6, 6.07) is 8.26. The molecule has 96 valence electrons. The van der Waals surface area contributed by atoms with E-state index >= 15 is 0 Å². The van der Waals surface area contributed by atoms with Crippen molar-refractivity contribution < 1.29 is 12.9 Å². The molecule has 0 saturated carbocycles. The fourth-order valence-corrected chi connectivity index (χ4v) is 2.57. The van der Waals surface area contributed by atoms with Crippen molar-refractivity contribution in [2.75, 3.05) is 4.72 Å². The molecule has 0 saturated heterocycles. The quantitative estimate of drug-likeness (QED) is 0.902. The molecule has 1 aromatic carbocycles. The first-order chi connectivity index (χ1) is 8.62. The average Bonchev–Trinajstić information content (AvgIpc) is 2.82. The Bertz CT molecular complexity index is 589. The van der Waals surface area contributed by atoms with Crippen molar-refractivity contribution in [1.82, 2.24) is 5.16 Å². The molecule has 0 aliphatic carbocycles. The highest BCUT2D eigenvalue weighted by molar-refractivity contribution is 7.92. The third kappa shape index (κ3) is 2.89. The van der Waals surface area contributed by atoms with Gasteiger partial charge in [-0.1, -0.05) is 30.6 Å². The van der Waals surface area contributed by atoms with Crippen LogP contribution < -0.4 is 4.72 Å². The monoisotopic (exact) mass is 266 g/mol. The molecule has 0 fully saturated rings. The van der Waals surface area contributed by atoms with Gasteiger partial charge in [-0.3, -0.25) is 0 Å². The molecule has 0 aliphatic heterocycles. The highest BCUT2D eigenvalue weighted by Crippen LogP contribution is 2.16. The van der Waals surface area contributed by atoms with Crippen molar-refractivity contribution in [2.45, 2.75) is 24.7 Å². The summed E-state index contributed by atoms with van der Waals surface area (Å²) in [6.45, 7) is 2.08. The minimum Gasteiger partial charge on any atom is -0.338 e. The fraction of sp³-hybridized carbons (Fsp3) is 0.250. The molecule has 0 atom stereocenters. The molecule has 1 heterocycles. The maximum Gasteiger partial charge on any atom is 0.264 e. The lowest BCUT2D eigenvalue weighted by Gasteiger charge is -2.05. The molecule has 6 heteroatoms. The number of aromatic nitrogens is 1. The van der Waals surface area contributed by atoms with E-state index in [4.69, 9.17) is 4.52 Å². The second kappa shape index (κ2) is 5.22. The minimum absolute atomic E-state index is 0.104. The first-order valence-electron chi connectivity index (χ1n) is 5.64. The molecule has 2 rings (SSSR count). The van der Waals surface area contributed by atoms with Gasteiger partial charge in [0.25, 0.3) is 10.0 Å². The Balaban J connectivity index is 2.19. The van der Waals surface area contributed by atoms with Gasteiger partial charge in [-0.05, 0) is 24.1 Å². The Hall–Kier alpha value is -1.82. The summed E-state index contributed by atoms with van der Waals surface area (Å²) in [4.78, 5) is 0.207. The summed E-state index contributed by atoms with van der Waals surface area (Å²) in [7, 11) is -3.60. The molecule has 5 nitrogen and oxygen atoms in total. The average molecular weight is 266 g/mol. The molecule has 0 bridgehead atoms. The molecule has 0 spiro atoms. The minimum atomic E-state index is -3.60. The van der Waals surface area contributed by atoms with Gasteiger partial charge in [-0.15, -0.1) is 0 Å². The van der Waals surface area contributed by atoms with E-state index in [0.717, 1.165) is 18.4 Å². The van der Waals surface area contributed by atoms with E-state index in [-0.39, 0.29) is 10.8 Å². The van der Waals surface area contributed by atoms with E-state index in [1.165, 1.54) is 12.3 Å². The maximum absolute atomic E-state index is 12.0. The first kappa shape index (κ1) is 12.6. The van der Waals surface area contributed by atoms with Gasteiger partial charge < -0.3 is 4.52 Å². The van der Waals surface area contributed by atoms with Crippen LogP contribution in [-0.2, 0) is 16.4 Å². The van der Waals surface area contributed by atoms with E-state index in [2.05, 4.69) is 16.8 Å². The summed E-state index contributed by atoms with van der Waals surface area (Å²) < 4.78 is 31.0. The zero-order valence-electron chi connectivity index (χ0n) is 9.96. The van der Waals surface area contributed by atoms with Crippen molar-refractivity contribution in [3.8, 4) is 0 Å². The van der Waals surface area contributed by atoms with Gasteiger partial charge in [0.2, 0.25) is 5.88 Å². The molecular weight excluding hydrogens is 252 g/mol. The van der Waals surface area contributed by atoms with Crippen LogP contribution in [0, 0.1) is 0 Å². The zero-order valence-corrected chi connectivity index (χ0v) is 10.8. The smallest absolute Gasteiger partial charge is 0.264 e. The molecular formula is C12H14N2O3S. The van der Waals surface area contributed by atoms with Crippen molar-refractivity contribution >= 4 is 15.9 Å². The van der Waals surface area contributed by atoms with Crippen LogP contribution in [0.25, 0.3) is 0 Å². The summed E-state index contributed by atoms with van der Waals surface area (Å²) >= 11 is 0. The van der Waals surface area contributed by atoms with Crippen molar-refractivity contribution in [2.24, 2.45) is 0 Å². The molecule has 0 amide bonds. The van der Waals surface area contributed by atoms with Crippen molar-refractivity contribution in [3.63, 3.8) is 0 Å². The third-order valence-electron chi connectivity index (χ3n) is 2.45. The summed E-state index contributed by atoms with van der Waals surface area (Å²) in [5.74, 6) is 0.104. The van der Waals surface area contributed by atoms with E-state index in [0.29, 0.717) is 0 Å². The predicted molar refractivity (Wildman–Crippen MR) is 67.7 cm³/mol. The number of anilines is 1. The summed E-state index contributed by atoms with van der Waals surface area (Å²) in [5.41, 5.74) is 1.12. The number of rotatable bonds is 5. The van der Waals surface area contributed by atoms with Gasteiger partial charge in [-0.25, -0.2) is 13.1 Å². The van der Waals surface area contributed by atoms with Crippen molar-refractivity contribution in [1.29, 1.82) is 0 Å².